The van der Waals surface area contributed by atoms with E-state index in [1.165, 1.54) is 24.1 Å². The fourth-order valence-electron chi connectivity index (χ4n) is 4.74. The first-order valence-corrected chi connectivity index (χ1v) is 16.4. The summed E-state index contributed by atoms with van der Waals surface area (Å²) < 4.78 is 35.4. The van der Waals surface area contributed by atoms with Crippen molar-refractivity contribution in [3.05, 3.63) is 125 Å². The second-order valence-corrected chi connectivity index (χ2v) is 13.3. The molecule has 8 nitrogen and oxygen atoms in total. The Kier molecular flexibility index (Phi) is 11.2. The second-order valence-electron chi connectivity index (χ2n) is 10.5. The molecule has 44 heavy (non-hydrogen) atoms. The van der Waals surface area contributed by atoms with Crippen LogP contribution >= 0.6 is 15.9 Å². The average Bonchev–Trinajstić information content (AvgIpc) is 3.02. The standard InChI is InChI=1S/C34H36BrN3O5S/c1-25(2)36-34(40)32(21-26-11-6-4-7-12-26)37(23-27-17-19-28(35)20-18-27)33(39)24-38(29-13-10-14-30(22-29)43-3)44(41,42)31-15-8-5-9-16-31/h4-20,22,25,32H,21,23-24H2,1-3H3,(H,36,40). The lowest BCUT2D eigenvalue weighted by Crippen LogP contribution is -2.54. The van der Waals surface area contributed by atoms with Crippen LogP contribution in [0, 0.1) is 0 Å². The van der Waals surface area contributed by atoms with E-state index < -0.39 is 28.5 Å². The zero-order valence-corrected chi connectivity index (χ0v) is 27.3. The number of nitrogens with one attached hydrogen (secondary N) is 1. The summed E-state index contributed by atoms with van der Waals surface area (Å²) in [5.41, 5.74) is 1.92. The molecule has 10 heteroatoms. The molecular weight excluding hydrogens is 642 g/mol. The van der Waals surface area contributed by atoms with Gasteiger partial charge in [0.05, 0.1) is 17.7 Å². The number of sulfonamides is 1. The third kappa shape index (κ3) is 8.48. The molecule has 4 aromatic carbocycles. The summed E-state index contributed by atoms with van der Waals surface area (Å²) >= 11 is 3.45. The molecule has 4 aromatic rings. The number of nitrogens with zero attached hydrogens (tertiary/aromatic N) is 2. The second kappa shape index (κ2) is 15.0. The molecule has 0 fully saturated rings. The number of rotatable bonds is 13. The van der Waals surface area contributed by atoms with Crippen LogP contribution in [0.5, 0.6) is 5.75 Å². The van der Waals surface area contributed by atoms with Gasteiger partial charge in [-0.05, 0) is 61.4 Å². The molecule has 4 rings (SSSR count). The van der Waals surface area contributed by atoms with Gasteiger partial charge >= 0.3 is 0 Å². The monoisotopic (exact) mass is 677 g/mol. The molecule has 0 heterocycles. The van der Waals surface area contributed by atoms with E-state index in [2.05, 4.69) is 21.2 Å². The topological polar surface area (TPSA) is 96.0 Å². The van der Waals surface area contributed by atoms with Gasteiger partial charge in [0.25, 0.3) is 10.0 Å². The van der Waals surface area contributed by atoms with Crippen molar-refractivity contribution in [3.63, 3.8) is 0 Å². The molecule has 230 valence electrons. The van der Waals surface area contributed by atoms with Crippen molar-refractivity contribution < 1.29 is 22.7 Å². The molecule has 1 atom stereocenters. The summed E-state index contributed by atoms with van der Waals surface area (Å²) in [6.07, 6.45) is 0.242. The van der Waals surface area contributed by atoms with Gasteiger partial charge in [-0.1, -0.05) is 82.7 Å². The number of hydrogen-bond acceptors (Lipinski definition) is 5. The molecule has 0 aliphatic rings. The Bertz CT molecular complexity index is 1650. The predicted octanol–water partition coefficient (Wildman–Crippen LogP) is 5.82. The van der Waals surface area contributed by atoms with Crippen LogP contribution in [0.4, 0.5) is 5.69 Å². The first-order chi connectivity index (χ1) is 21.1. The van der Waals surface area contributed by atoms with E-state index in [9.17, 15) is 18.0 Å². The van der Waals surface area contributed by atoms with Gasteiger partial charge in [0.1, 0.15) is 18.3 Å². The Morgan fingerprint density at radius 1 is 0.841 bits per heavy atom. The Hall–Kier alpha value is -4.15. The fraction of sp³-hybridized carbons (Fsp3) is 0.235. The van der Waals surface area contributed by atoms with Gasteiger partial charge in [-0.2, -0.15) is 0 Å². The summed E-state index contributed by atoms with van der Waals surface area (Å²) in [6, 6.07) is 30.3. The zero-order chi connectivity index (χ0) is 31.7. The smallest absolute Gasteiger partial charge is 0.264 e. The average molecular weight is 679 g/mol. The van der Waals surface area contributed by atoms with Crippen LogP contribution in [-0.4, -0.2) is 50.9 Å². The van der Waals surface area contributed by atoms with Crippen molar-refractivity contribution in [2.45, 2.75) is 43.8 Å². The molecule has 0 bridgehead atoms. The normalized spacial score (nSPS) is 11.9. The molecule has 2 amide bonds. The number of carbonyl (C=O) groups is 2. The molecule has 0 spiro atoms. The highest BCUT2D eigenvalue weighted by molar-refractivity contribution is 9.10. The SMILES string of the molecule is COc1cccc(N(CC(=O)N(Cc2ccc(Br)cc2)C(Cc2ccccc2)C(=O)NC(C)C)S(=O)(=O)c2ccccc2)c1. The van der Waals surface area contributed by atoms with Crippen LogP contribution < -0.4 is 14.4 Å². The third-order valence-electron chi connectivity index (χ3n) is 6.92. The van der Waals surface area contributed by atoms with Crippen molar-refractivity contribution in [2.24, 2.45) is 0 Å². The number of benzene rings is 4. The van der Waals surface area contributed by atoms with Crippen molar-refractivity contribution >= 4 is 43.5 Å². The van der Waals surface area contributed by atoms with Crippen LogP contribution in [0.25, 0.3) is 0 Å². The minimum atomic E-state index is -4.19. The molecule has 0 aliphatic carbocycles. The van der Waals surface area contributed by atoms with Gasteiger partial charge < -0.3 is 15.0 Å². The number of carbonyl (C=O) groups excluding carboxylic acids is 2. The summed E-state index contributed by atoms with van der Waals surface area (Å²) in [5, 5.41) is 2.96. The number of ether oxygens (including phenoxy) is 1. The summed E-state index contributed by atoms with van der Waals surface area (Å²) in [4.78, 5) is 29.7. The van der Waals surface area contributed by atoms with Gasteiger partial charge in [0.15, 0.2) is 0 Å². The Morgan fingerprint density at radius 2 is 1.48 bits per heavy atom. The van der Waals surface area contributed by atoms with Gasteiger partial charge in [-0.25, -0.2) is 8.42 Å². The van der Waals surface area contributed by atoms with E-state index in [0.29, 0.717) is 5.75 Å². The lowest BCUT2D eigenvalue weighted by atomic mass is 10.0. The largest absolute Gasteiger partial charge is 0.497 e. The van der Waals surface area contributed by atoms with Crippen molar-refractivity contribution in [3.8, 4) is 5.75 Å². The van der Waals surface area contributed by atoms with E-state index in [4.69, 9.17) is 4.74 Å². The van der Waals surface area contributed by atoms with Crippen LogP contribution in [0.1, 0.15) is 25.0 Å². The lowest BCUT2D eigenvalue weighted by Gasteiger charge is -2.34. The molecule has 1 N–H and O–H groups in total. The molecule has 0 aliphatic heterocycles. The first kappa shape index (κ1) is 32.8. The van der Waals surface area contributed by atoms with E-state index in [1.54, 1.807) is 42.5 Å². The highest BCUT2D eigenvalue weighted by atomic mass is 79.9. The summed E-state index contributed by atoms with van der Waals surface area (Å²) in [6.45, 7) is 3.26. The van der Waals surface area contributed by atoms with Gasteiger partial charge in [0.2, 0.25) is 11.8 Å². The third-order valence-corrected chi connectivity index (χ3v) is 9.24. The van der Waals surface area contributed by atoms with Crippen molar-refractivity contribution in [2.75, 3.05) is 18.0 Å². The highest BCUT2D eigenvalue weighted by Crippen LogP contribution is 2.28. The number of anilines is 1. The minimum absolute atomic E-state index is 0.0356. The quantitative estimate of drug-likeness (QED) is 0.193. The van der Waals surface area contributed by atoms with Crippen LogP contribution in [-0.2, 0) is 32.6 Å². The fourth-order valence-corrected chi connectivity index (χ4v) is 6.43. The summed E-state index contributed by atoms with van der Waals surface area (Å²) in [5.74, 6) is -0.420. The van der Waals surface area contributed by atoms with Gasteiger partial charge in [-0.3, -0.25) is 13.9 Å². The number of hydrogen-bond donors (Lipinski definition) is 1. The molecule has 0 saturated heterocycles. The van der Waals surface area contributed by atoms with E-state index in [-0.39, 0.29) is 35.5 Å². The number of halogens is 1. The van der Waals surface area contributed by atoms with Crippen molar-refractivity contribution in [1.82, 2.24) is 10.2 Å². The minimum Gasteiger partial charge on any atom is -0.497 e. The maximum absolute atomic E-state index is 14.5. The Balaban J connectivity index is 1.81. The Labute approximate surface area is 267 Å². The van der Waals surface area contributed by atoms with Crippen LogP contribution in [0.2, 0.25) is 0 Å². The highest BCUT2D eigenvalue weighted by Gasteiger charge is 2.35. The van der Waals surface area contributed by atoms with E-state index in [0.717, 1.165) is 19.9 Å². The lowest BCUT2D eigenvalue weighted by molar-refractivity contribution is -0.140. The maximum Gasteiger partial charge on any atom is 0.264 e. The summed E-state index contributed by atoms with van der Waals surface area (Å²) in [7, 11) is -2.70. The Morgan fingerprint density at radius 3 is 2.09 bits per heavy atom. The number of methoxy groups -OCH3 is 1. The van der Waals surface area contributed by atoms with Crippen LogP contribution in [0.15, 0.2) is 119 Å². The van der Waals surface area contributed by atoms with Crippen LogP contribution in [0.3, 0.4) is 0 Å². The molecule has 0 saturated carbocycles. The van der Waals surface area contributed by atoms with E-state index >= 15 is 0 Å². The van der Waals surface area contributed by atoms with E-state index in [1.807, 2.05) is 68.4 Å². The maximum atomic E-state index is 14.5. The molecule has 1 unspecified atom stereocenters. The van der Waals surface area contributed by atoms with Gasteiger partial charge in [0, 0.05) is 29.5 Å². The molecular formula is C34H36BrN3O5S. The van der Waals surface area contributed by atoms with Crippen molar-refractivity contribution in [1.29, 1.82) is 0 Å². The zero-order valence-electron chi connectivity index (χ0n) is 24.9. The molecule has 0 radical (unpaired) electrons. The van der Waals surface area contributed by atoms with Gasteiger partial charge in [-0.15, -0.1) is 0 Å². The first-order valence-electron chi connectivity index (χ1n) is 14.2. The predicted molar refractivity (Wildman–Crippen MR) is 176 cm³/mol. The molecule has 0 aromatic heterocycles. The number of amides is 2.